The van der Waals surface area contributed by atoms with Gasteiger partial charge in [-0.3, -0.25) is 4.79 Å². The minimum atomic E-state index is -0.0227. The highest BCUT2D eigenvalue weighted by Gasteiger charge is 2.14. The normalized spacial score (nSPS) is 11.8. The summed E-state index contributed by atoms with van der Waals surface area (Å²) in [7, 11) is 0. The standard InChI is InChI=1S/C23H30O2S/c1-14(2)9-19-13-26-22(20(19)10-15(3)4)8-7-21(24)18-11-16(5)23(25)17(6)12-18/h7-8,11-15,25H,9-10H2,1-6H3. The first-order chi connectivity index (χ1) is 12.2. The number of carbonyl (C=O) groups is 1. The van der Waals surface area contributed by atoms with Gasteiger partial charge in [-0.2, -0.15) is 0 Å². The second-order valence-electron chi connectivity index (χ2n) is 7.96. The van der Waals surface area contributed by atoms with E-state index in [1.54, 1.807) is 29.5 Å². The smallest absolute Gasteiger partial charge is 0.185 e. The van der Waals surface area contributed by atoms with Crippen molar-refractivity contribution in [3.63, 3.8) is 0 Å². The van der Waals surface area contributed by atoms with Crippen molar-refractivity contribution in [3.05, 3.63) is 56.3 Å². The average Bonchev–Trinajstić information content (AvgIpc) is 2.90. The summed E-state index contributed by atoms with van der Waals surface area (Å²) >= 11 is 1.73. The summed E-state index contributed by atoms with van der Waals surface area (Å²) < 4.78 is 0. The molecule has 1 N–H and O–H groups in total. The molecule has 0 unspecified atom stereocenters. The van der Waals surface area contributed by atoms with Gasteiger partial charge >= 0.3 is 0 Å². The van der Waals surface area contributed by atoms with Crippen molar-refractivity contribution in [1.82, 2.24) is 0 Å². The zero-order chi connectivity index (χ0) is 19.4. The number of allylic oxidation sites excluding steroid dienone is 1. The first-order valence-corrected chi connectivity index (χ1v) is 10.2. The van der Waals surface area contributed by atoms with Crippen LogP contribution in [0.4, 0.5) is 0 Å². The Hall–Kier alpha value is -1.87. The zero-order valence-electron chi connectivity index (χ0n) is 16.7. The van der Waals surface area contributed by atoms with Gasteiger partial charge in [0.25, 0.3) is 0 Å². The number of phenols is 1. The molecule has 3 heteroatoms. The Morgan fingerprint density at radius 1 is 1.08 bits per heavy atom. The summed E-state index contributed by atoms with van der Waals surface area (Å²) in [6.07, 6.45) is 5.75. The second-order valence-corrected chi connectivity index (χ2v) is 8.87. The van der Waals surface area contributed by atoms with Gasteiger partial charge in [-0.15, -0.1) is 11.3 Å². The highest BCUT2D eigenvalue weighted by molar-refractivity contribution is 7.11. The van der Waals surface area contributed by atoms with Crippen LogP contribution in [0.15, 0.2) is 23.6 Å². The van der Waals surface area contributed by atoms with E-state index in [0.717, 1.165) is 24.0 Å². The first-order valence-electron chi connectivity index (χ1n) is 9.30. The number of hydrogen-bond donors (Lipinski definition) is 1. The number of carbonyl (C=O) groups excluding carboxylic acids is 1. The molecule has 0 atom stereocenters. The summed E-state index contributed by atoms with van der Waals surface area (Å²) in [4.78, 5) is 13.8. The molecule has 2 rings (SSSR count). The van der Waals surface area contributed by atoms with Crippen LogP contribution in [0.25, 0.3) is 6.08 Å². The van der Waals surface area contributed by atoms with Gasteiger partial charge in [0.05, 0.1) is 0 Å². The summed E-state index contributed by atoms with van der Waals surface area (Å²) in [6.45, 7) is 12.6. The number of hydrogen-bond acceptors (Lipinski definition) is 3. The van der Waals surface area contributed by atoms with Crippen LogP contribution in [0.5, 0.6) is 5.75 Å². The van der Waals surface area contributed by atoms with E-state index in [2.05, 4.69) is 33.1 Å². The lowest BCUT2D eigenvalue weighted by molar-refractivity contribution is 0.104. The molecule has 1 aromatic carbocycles. The highest BCUT2D eigenvalue weighted by Crippen LogP contribution is 2.29. The van der Waals surface area contributed by atoms with Crippen molar-refractivity contribution >= 4 is 23.2 Å². The van der Waals surface area contributed by atoms with Crippen molar-refractivity contribution < 1.29 is 9.90 Å². The molecule has 0 bridgehead atoms. The lowest BCUT2D eigenvalue weighted by Crippen LogP contribution is -2.01. The molecule has 1 heterocycles. The fourth-order valence-corrected chi connectivity index (χ4v) is 4.18. The van der Waals surface area contributed by atoms with Crippen LogP contribution >= 0.6 is 11.3 Å². The van der Waals surface area contributed by atoms with E-state index in [-0.39, 0.29) is 11.5 Å². The van der Waals surface area contributed by atoms with Crippen LogP contribution in [-0.4, -0.2) is 10.9 Å². The molecule has 0 aliphatic rings. The Morgan fingerprint density at radius 2 is 1.65 bits per heavy atom. The third kappa shape index (κ3) is 5.07. The van der Waals surface area contributed by atoms with E-state index < -0.39 is 0 Å². The van der Waals surface area contributed by atoms with E-state index in [9.17, 15) is 9.90 Å². The number of aryl methyl sites for hydroxylation is 2. The fraction of sp³-hybridized carbons (Fsp3) is 0.435. The molecule has 2 aromatic rings. The summed E-state index contributed by atoms with van der Waals surface area (Å²) in [5, 5.41) is 12.1. The van der Waals surface area contributed by atoms with Gasteiger partial charge in [-0.05, 0) is 90.4 Å². The zero-order valence-corrected chi connectivity index (χ0v) is 17.5. The SMILES string of the molecule is Cc1cc(C(=O)C=Cc2scc(CC(C)C)c2CC(C)C)cc(C)c1O. The molecule has 0 saturated heterocycles. The number of thiophene rings is 1. The lowest BCUT2D eigenvalue weighted by atomic mass is 9.94. The monoisotopic (exact) mass is 370 g/mol. The molecule has 1 aromatic heterocycles. The van der Waals surface area contributed by atoms with Crippen molar-refractivity contribution in [2.45, 2.75) is 54.4 Å². The molecule has 0 fully saturated rings. The minimum absolute atomic E-state index is 0.0227. The molecule has 0 radical (unpaired) electrons. The maximum Gasteiger partial charge on any atom is 0.185 e. The van der Waals surface area contributed by atoms with Gasteiger partial charge in [0.2, 0.25) is 0 Å². The van der Waals surface area contributed by atoms with Crippen molar-refractivity contribution in [3.8, 4) is 5.75 Å². The molecular weight excluding hydrogens is 340 g/mol. The van der Waals surface area contributed by atoms with Crippen LogP contribution in [-0.2, 0) is 12.8 Å². The number of rotatable bonds is 7. The fourth-order valence-electron chi connectivity index (χ4n) is 3.17. The molecule has 0 aliphatic heterocycles. The van der Waals surface area contributed by atoms with Crippen LogP contribution in [0.2, 0.25) is 0 Å². The Bertz CT molecular complexity index is 787. The van der Waals surface area contributed by atoms with E-state index in [1.807, 2.05) is 19.9 Å². The number of ketones is 1. The van der Waals surface area contributed by atoms with E-state index in [1.165, 1.54) is 16.0 Å². The van der Waals surface area contributed by atoms with E-state index in [0.29, 0.717) is 17.4 Å². The van der Waals surface area contributed by atoms with Gasteiger partial charge in [-0.25, -0.2) is 0 Å². The largest absolute Gasteiger partial charge is 0.507 e. The quantitative estimate of drug-likeness (QED) is 0.454. The van der Waals surface area contributed by atoms with Gasteiger partial charge < -0.3 is 5.11 Å². The molecule has 26 heavy (non-hydrogen) atoms. The molecule has 0 spiro atoms. The Labute approximate surface area is 161 Å². The maximum atomic E-state index is 12.6. The van der Waals surface area contributed by atoms with Crippen LogP contribution in [0, 0.1) is 25.7 Å². The van der Waals surface area contributed by atoms with E-state index in [4.69, 9.17) is 0 Å². The predicted octanol–water partition coefficient (Wildman–Crippen LogP) is 6.36. The van der Waals surface area contributed by atoms with Gasteiger partial charge in [-0.1, -0.05) is 27.7 Å². The highest BCUT2D eigenvalue weighted by atomic mass is 32.1. The Balaban J connectivity index is 2.29. The van der Waals surface area contributed by atoms with Gasteiger partial charge in [0, 0.05) is 10.4 Å². The number of phenolic OH excluding ortho intramolecular Hbond substituents is 1. The Kier molecular flexibility index (Phi) is 6.82. The second kappa shape index (κ2) is 8.68. The van der Waals surface area contributed by atoms with Crippen molar-refractivity contribution in [2.75, 3.05) is 0 Å². The van der Waals surface area contributed by atoms with Crippen LogP contribution in [0.1, 0.15) is 65.2 Å². The molecule has 140 valence electrons. The molecule has 0 amide bonds. The first kappa shape index (κ1) is 20.4. The van der Waals surface area contributed by atoms with Crippen LogP contribution < -0.4 is 0 Å². The maximum absolute atomic E-state index is 12.6. The van der Waals surface area contributed by atoms with Crippen molar-refractivity contribution in [1.29, 1.82) is 0 Å². The minimum Gasteiger partial charge on any atom is -0.507 e. The third-order valence-electron chi connectivity index (χ3n) is 4.42. The predicted molar refractivity (Wildman–Crippen MR) is 112 cm³/mol. The molecule has 0 saturated carbocycles. The third-order valence-corrected chi connectivity index (χ3v) is 5.45. The molecule has 0 aliphatic carbocycles. The molecular formula is C23H30O2S. The van der Waals surface area contributed by atoms with Gasteiger partial charge in [0.15, 0.2) is 5.78 Å². The average molecular weight is 371 g/mol. The van der Waals surface area contributed by atoms with Gasteiger partial charge in [0.1, 0.15) is 5.75 Å². The number of benzene rings is 1. The van der Waals surface area contributed by atoms with E-state index >= 15 is 0 Å². The van der Waals surface area contributed by atoms with Crippen LogP contribution in [0.3, 0.4) is 0 Å². The summed E-state index contributed by atoms with van der Waals surface area (Å²) in [6, 6.07) is 3.51. The number of aromatic hydroxyl groups is 1. The lowest BCUT2D eigenvalue weighted by Gasteiger charge is -2.10. The molecule has 2 nitrogen and oxygen atoms in total. The Morgan fingerprint density at radius 3 is 2.19 bits per heavy atom. The summed E-state index contributed by atoms with van der Waals surface area (Å²) in [5.74, 6) is 1.45. The van der Waals surface area contributed by atoms with Crippen molar-refractivity contribution in [2.24, 2.45) is 11.8 Å². The summed E-state index contributed by atoms with van der Waals surface area (Å²) in [5.41, 5.74) is 4.90. The topological polar surface area (TPSA) is 37.3 Å².